The molecule has 96 valence electrons. The van der Waals surface area contributed by atoms with Gasteiger partial charge in [-0.05, 0) is 31.5 Å². The molecule has 3 aromatic rings. The van der Waals surface area contributed by atoms with Crippen LogP contribution in [0.2, 0.25) is 0 Å². The summed E-state index contributed by atoms with van der Waals surface area (Å²) in [5.74, 6) is 0. The quantitative estimate of drug-likeness (QED) is 0.783. The lowest BCUT2D eigenvalue weighted by Crippen LogP contribution is -1.99. The molecular formula is C15H15N3S. The third kappa shape index (κ3) is 2.44. The molecule has 4 heteroatoms. The fourth-order valence-corrected chi connectivity index (χ4v) is 3.06. The van der Waals surface area contributed by atoms with Gasteiger partial charge in [0.2, 0.25) is 0 Å². The number of rotatable bonds is 3. The fraction of sp³-hybridized carbons (Fsp3) is 0.200. The molecule has 0 saturated carbocycles. The van der Waals surface area contributed by atoms with Crippen molar-refractivity contribution in [1.82, 2.24) is 10.2 Å². The Balaban J connectivity index is 1.85. The monoisotopic (exact) mass is 269 g/mol. The summed E-state index contributed by atoms with van der Waals surface area (Å²) in [6.07, 6.45) is 1.79. The lowest BCUT2D eigenvalue weighted by Gasteiger charge is -2.07. The SMILES string of the molecule is Cc1cc(CNc2cnnc3ccccc23)sc1C. The van der Waals surface area contributed by atoms with Gasteiger partial charge in [-0.15, -0.1) is 11.3 Å². The molecule has 2 aromatic heterocycles. The normalized spacial score (nSPS) is 10.8. The summed E-state index contributed by atoms with van der Waals surface area (Å²) in [5, 5.41) is 12.7. The number of fused-ring (bicyclic) bond motifs is 1. The van der Waals surface area contributed by atoms with Gasteiger partial charge in [0.05, 0.1) is 17.4 Å². The van der Waals surface area contributed by atoms with E-state index in [0.29, 0.717) is 0 Å². The first-order chi connectivity index (χ1) is 9.24. The smallest absolute Gasteiger partial charge is 0.0950 e. The van der Waals surface area contributed by atoms with Gasteiger partial charge in [-0.3, -0.25) is 0 Å². The van der Waals surface area contributed by atoms with Crippen LogP contribution in [-0.2, 0) is 6.54 Å². The predicted octanol–water partition coefficient (Wildman–Crippen LogP) is 3.92. The highest BCUT2D eigenvalue weighted by atomic mass is 32.1. The number of nitrogens with zero attached hydrogens (tertiary/aromatic N) is 2. The molecule has 0 unspecified atom stereocenters. The first-order valence-corrected chi connectivity index (χ1v) is 7.06. The van der Waals surface area contributed by atoms with Gasteiger partial charge in [0, 0.05) is 21.7 Å². The second kappa shape index (κ2) is 4.97. The summed E-state index contributed by atoms with van der Waals surface area (Å²) in [6, 6.07) is 10.3. The minimum absolute atomic E-state index is 0.828. The molecule has 0 atom stereocenters. The summed E-state index contributed by atoms with van der Waals surface area (Å²) in [6.45, 7) is 5.14. The van der Waals surface area contributed by atoms with E-state index in [1.807, 2.05) is 29.5 Å². The Kier molecular flexibility index (Phi) is 3.17. The second-order valence-corrected chi connectivity index (χ2v) is 5.92. The number of nitrogens with one attached hydrogen (secondary N) is 1. The van der Waals surface area contributed by atoms with Gasteiger partial charge in [0.25, 0.3) is 0 Å². The van der Waals surface area contributed by atoms with E-state index in [1.54, 1.807) is 6.20 Å². The van der Waals surface area contributed by atoms with Crippen molar-refractivity contribution in [2.45, 2.75) is 20.4 Å². The highest BCUT2D eigenvalue weighted by Crippen LogP contribution is 2.24. The van der Waals surface area contributed by atoms with E-state index in [1.165, 1.54) is 15.3 Å². The van der Waals surface area contributed by atoms with Crippen molar-refractivity contribution in [3.05, 3.63) is 51.8 Å². The molecule has 0 aliphatic heterocycles. The van der Waals surface area contributed by atoms with E-state index < -0.39 is 0 Å². The van der Waals surface area contributed by atoms with Crippen molar-refractivity contribution in [1.29, 1.82) is 0 Å². The first-order valence-electron chi connectivity index (χ1n) is 6.24. The van der Waals surface area contributed by atoms with Gasteiger partial charge in [-0.25, -0.2) is 0 Å². The molecule has 1 N–H and O–H groups in total. The Morgan fingerprint density at radius 1 is 1.21 bits per heavy atom. The standard InChI is InChI=1S/C15H15N3S/c1-10-7-12(19-11(10)2)8-16-15-9-17-18-14-6-4-3-5-13(14)15/h3-7,9H,8H2,1-2H3,(H,16,18). The van der Waals surface area contributed by atoms with Crippen molar-refractivity contribution in [2.24, 2.45) is 0 Å². The van der Waals surface area contributed by atoms with Crippen LogP contribution in [0.5, 0.6) is 0 Å². The van der Waals surface area contributed by atoms with E-state index in [2.05, 4.69) is 41.5 Å². The maximum absolute atomic E-state index is 4.13. The number of thiophene rings is 1. The largest absolute Gasteiger partial charge is 0.378 e. The van der Waals surface area contributed by atoms with Gasteiger partial charge in [-0.2, -0.15) is 10.2 Å². The van der Waals surface area contributed by atoms with Crippen LogP contribution in [0.25, 0.3) is 10.9 Å². The average molecular weight is 269 g/mol. The van der Waals surface area contributed by atoms with Crippen LogP contribution in [-0.4, -0.2) is 10.2 Å². The third-order valence-electron chi connectivity index (χ3n) is 3.22. The summed E-state index contributed by atoms with van der Waals surface area (Å²) in [7, 11) is 0. The Hall–Kier alpha value is -1.94. The highest BCUT2D eigenvalue weighted by molar-refractivity contribution is 7.12. The lowest BCUT2D eigenvalue weighted by atomic mass is 10.2. The van der Waals surface area contributed by atoms with Crippen molar-refractivity contribution in [2.75, 3.05) is 5.32 Å². The van der Waals surface area contributed by atoms with E-state index in [9.17, 15) is 0 Å². The molecular weight excluding hydrogens is 254 g/mol. The summed E-state index contributed by atoms with van der Waals surface area (Å²) in [4.78, 5) is 2.73. The van der Waals surface area contributed by atoms with Crippen LogP contribution in [0.1, 0.15) is 15.3 Å². The van der Waals surface area contributed by atoms with Crippen molar-refractivity contribution in [3.63, 3.8) is 0 Å². The molecule has 3 nitrogen and oxygen atoms in total. The first kappa shape index (κ1) is 12.1. The van der Waals surface area contributed by atoms with Gasteiger partial charge < -0.3 is 5.32 Å². The van der Waals surface area contributed by atoms with E-state index >= 15 is 0 Å². The van der Waals surface area contributed by atoms with Crippen LogP contribution >= 0.6 is 11.3 Å². The minimum Gasteiger partial charge on any atom is -0.378 e. The predicted molar refractivity (Wildman–Crippen MR) is 80.7 cm³/mol. The van der Waals surface area contributed by atoms with Gasteiger partial charge in [0.15, 0.2) is 0 Å². The Morgan fingerprint density at radius 3 is 2.84 bits per heavy atom. The zero-order valence-corrected chi connectivity index (χ0v) is 11.8. The third-order valence-corrected chi connectivity index (χ3v) is 4.37. The highest BCUT2D eigenvalue weighted by Gasteiger charge is 2.04. The Labute approximate surface area is 116 Å². The molecule has 0 spiro atoms. The number of aryl methyl sites for hydroxylation is 2. The molecule has 0 fully saturated rings. The number of hydrogen-bond acceptors (Lipinski definition) is 4. The number of benzene rings is 1. The van der Waals surface area contributed by atoms with Gasteiger partial charge in [-0.1, -0.05) is 18.2 Å². The average Bonchev–Trinajstić information content (AvgIpc) is 2.75. The number of aromatic nitrogens is 2. The molecule has 3 rings (SSSR count). The van der Waals surface area contributed by atoms with E-state index in [4.69, 9.17) is 0 Å². The van der Waals surface area contributed by atoms with Crippen LogP contribution in [0.4, 0.5) is 5.69 Å². The molecule has 19 heavy (non-hydrogen) atoms. The summed E-state index contributed by atoms with van der Waals surface area (Å²) in [5.41, 5.74) is 3.32. The van der Waals surface area contributed by atoms with Crippen molar-refractivity contribution >= 4 is 27.9 Å². The molecule has 1 aromatic carbocycles. The fourth-order valence-electron chi connectivity index (χ4n) is 2.07. The van der Waals surface area contributed by atoms with Crippen LogP contribution < -0.4 is 5.32 Å². The van der Waals surface area contributed by atoms with Crippen LogP contribution in [0.3, 0.4) is 0 Å². The summed E-state index contributed by atoms with van der Waals surface area (Å²) < 4.78 is 0. The number of anilines is 1. The van der Waals surface area contributed by atoms with E-state index in [0.717, 1.165) is 23.1 Å². The van der Waals surface area contributed by atoms with E-state index in [-0.39, 0.29) is 0 Å². The molecule has 0 aliphatic carbocycles. The topological polar surface area (TPSA) is 37.8 Å². The molecule has 0 radical (unpaired) electrons. The lowest BCUT2D eigenvalue weighted by molar-refractivity contribution is 1.06. The maximum atomic E-state index is 4.13. The molecule has 0 aliphatic rings. The zero-order chi connectivity index (χ0) is 13.2. The molecule has 0 amide bonds. The van der Waals surface area contributed by atoms with Gasteiger partial charge in [0.1, 0.15) is 0 Å². The molecule has 0 saturated heterocycles. The summed E-state index contributed by atoms with van der Waals surface area (Å²) >= 11 is 1.84. The van der Waals surface area contributed by atoms with Gasteiger partial charge >= 0.3 is 0 Å². The van der Waals surface area contributed by atoms with Crippen LogP contribution in [0, 0.1) is 13.8 Å². The molecule has 0 bridgehead atoms. The number of hydrogen-bond donors (Lipinski definition) is 1. The van der Waals surface area contributed by atoms with Crippen molar-refractivity contribution in [3.8, 4) is 0 Å². The molecule has 2 heterocycles. The van der Waals surface area contributed by atoms with Crippen molar-refractivity contribution < 1.29 is 0 Å². The van der Waals surface area contributed by atoms with Crippen LogP contribution in [0.15, 0.2) is 36.5 Å². The Bertz CT molecular complexity index is 693. The zero-order valence-electron chi connectivity index (χ0n) is 11.0. The second-order valence-electron chi connectivity index (χ2n) is 4.58. The maximum Gasteiger partial charge on any atom is 0.0950 e. The minimum atomic E-state index is 0.828. The Morgan fingerprint density at radius 2 is 2.05 bits per heavy atom.